The van der Waals surface area contributed by atoms with Crippen LogP contribution < -0.4 is 0 Å². The average molecular weight is 213 g/mol. The van der Waals surface area contributed by atoms with Gasteiger partial charge < -0.3 is 0 Å². The van der Waals surface area contributed by atoms with Crippen LogP contribution in [0.15, 0.2) is 0 Å². The van der Waals surface area contributed by atoms with Crippen LogP contribution in [-0.4, -0.2) is 29.8 Å². The first-order valence-electron chi connectivity index (χ1n) is 6.15. The lowest BCUT2D eigenvalue weighted by atomic mass is 10.1. The molecule has 15 heavy (non-hydrogen) atoms. The minimum absolute atomic E-state index is 0.0831. The van der Waals surface area contributed by atoms with Gasteiger partial charge >= 0.3 is 0 Å². The molecule has 0 aliphatic carbocycles. The topological polar surface area (TPSA) is 20.3 Å². The lowest BCUT2D eigenvalue weighted by Crippen LogP contribution is -2.42. The number of carbonyl (C=O) groups excluding carboxylic acids is 1. The molecule has 0 saturated carbocycles. The smallest absolute Gasteiger partial charge is 0.149 e. The van der Waals surface area contributed by atoms with Gasteiger partial charge in [-0.25, -0.2) is 0 Å². The van der Waals surface area contributed by atoms with Gasteiger partial charge in [-0.1, -0.05) is 34.6 Å². The van der Waals surface area contributed by atoms with E-state index in [0.29, 0.717) is 24.0 Å². The Kier molecular flexibility index (Phi) is 6.82. The van der Waals surface area contributed by atoms with Crippen molar-refractivity contribution >= 4 is 5.78 Å². The third-order valence-corrected chi connectivity index (χ3v) is 2.56. The molecule has 0 aliphatic heterocycles. The molecule has 0 aromatic rings. The number of ketones is 1. The normalized spacial score (nSPS) is 13.9. The Hall–Kier alpha value is -0.370. The Morgan fingerprint density at radius 1 is 1.00 bits per heavy atom. The summed E-state index contributed by atoms with van der Waals surface area (Å²) in [4.78, 5) is 14.0. The molecular formula is C13H27NO. The third kappa shape index (κ3) is 5.93. The Morgan fingerprint density at radius 3 is 1.67 bits per heavy atom. The lowest BCUT2D eigenvalue weighted by Gasteiger charge is -2.31. The minimum Gasteiger partial charge on any atom is -0.298 e. The number of carbonyl (C=O) groups is 1. The summed E-state index contributed by atoms with van der Waals surface area (Å²) >= 11 is 0. The van der Waals surface area contributed by atoms with Crippen molar-refractivity contribution in [3.05, 3.63) is 0 Å². The van der Waals surface area contributed by atoms with E-state index in [2.05, 4.69) is 32.6 Å². The summed E-state index contributed by atoms with van der Waals surface area (Å²) in [5.41, 5.74) is 0. The first kappa shape index (κ1) is 14.6. The van der Waals surface area contributed by atoms with Gasteiger partial charge in [-0.15, -0.1) is 0 Å². The van der Waals surface area contributed by atoms with Crippen LogP contribution in [-0.2, 0) is 4.79 Å². The monoisotopic (exact) mass is 213 g/mol. The molecule has 0 radical (unpaired) electrons. The molecule has 0 bridgehead atoms. The Labute approximate surface area is 95.0 Å². The first-order chi connectivity index (χ1) is 6.88. The second-order valence-electron chi connectivity index (χ2n) is 5.24. The highest BCUT2D eigenvalue weighted by atomic mass is 16.1. The van der Waals surface area contributed by atoms with E-state index in [4.69, 9.17) is 0 Å². The van der Waals surface area contributed by atoms with E-state index in [0.717, 1.165) is 13.1 Å². The summed E-state index contributed by atoms with van der Waals surface area (Å²) in [6, 6.07) is 0.0831. The van der Waals surface area contributed by atoms with Crippen molar-refractivity contribution < 1.29 is 4.79 Å². The van der Waals surface area contributed by atoms with E-state index in [-0.39, 0.29) is 6.04 Å². The van der Waals surface area contributed by atoms with Crippen molar-refractivity contribution in [1.29, 1.82) is 0 Å². The molecule has 0 saturated heterocycles. The lowest BCUT2D eigenvalue weighted by molar-refractivity contribution is -0.123. The zero-order valence-corrected chi connectivity index (χ0v) is 11.2. The fraction of sp³-hybridized carbons (Fsp3) is 0.923. The van der Waals surface area contributed by atoms with E-state index in [1.807, 2.05) is 13.8 Å². The van der Waals surface area contributed by atoms with Crippen LogP contribution in [0.25, 0.3) is 0 Å². The number of hydrogen-bond acceptors (Lipinski definition) is 2. The summed E-state index contributed by atoms with van der Waals surface area (Å²) in [5, 5.41) is 0. The Bertz CT molecular complexity index is 177. The molecule has 0 fully saturated rings. The van der Waals surface area contributed by atoms with E-state index in [9.17, 15) is 4.79 Å². The average Bonchev–Trinajstić information content (AvgIpc) is 2.13. The molecule has 0 aromatic heterocycles. The van der Waals surface area contributed by atoms with Gasteiger partial charge in [-0.3, -0.25) is 9.69 Å². The maximum atomic E-state index is 11.7. The molecule has 0 amide bonds. The molecular weight excluding hydrogens is 186 g/mol. The summed E-state index contributed by atoms with van der Waals surface area (Å²) in [6.45, 7) is 14.8. The fourth-order valence-electron chi connectivity index (χ4n) is 1.83. The quantitative estimate of drug-likeness (QED) is 0.648. The summed E-state index contributed by atoms with van der Waals surface area (Å²) in [7, 11) is 0. The van der Waals surface area contributed by atoms with Crippen LogP contribution >= 0.6 is 0 Å². The van der Waals surface area contributed by atoms with Gasteiger partial charge in [0.05, 0.1) is 6.04 Å². The number of rotatable bonds is 7. The van der Waals surface area contributed by atoms with Crippen LogP contribution in [0.1, 0.15) is 48.0 Å². The molecule has 0 aliphatic rings. The van der Waals surface area contributed by atoms with Gasteiger partial charge in [0.1, 0.15) is 5.78 Å². The summed E-state index contributed by atoms with van der Waals surface area (Å²) in [6.07, 6.45) is 0.647. The Morgan fingerprint density at radius 2 is 1.40 bits per heavy atom. The first-order valence-corrected chi connectivity index (χ1v) is 6.15. The molecule has 2 nitrogen and oxygen atoms in total. The molecule has 0 N–H and O–H groups in total. The van der Waals surface area contributed by atoms with Crippen LogP contribution in [0.2, 0.25) is 0 Å². The van der Waals surface area contributed by atoms with E-state index in [1.54, 1.807) is 0 Å². The second-order valence-corrected chi connectivity index (χ2v) is 5.24. The second kappa shape index (κ2) is 7.00. The molecule has 0 spiro atoms. The highest BCUT2D eigenvalue weighted by molar-refractivity contribution is 5.83. The number of nitrogens with zero attached hydrogens (tertiary/aromatic N) is 1. The molecule has 2 heteroatoms. The van der Waals surface area contributed by atoms with Crippen molar-refractivity contribution in [3.8, 4) is 0 Å². The zero-order chi connectivity index (χ0) is 12.0. The predicted octanol–water partition coefficient (Wildman–Crippen LogP) is 2.97. The minimum atomic E-state index is 0.0831. The maximum Gasteiger partial charge on any atom is 0.149 e. The molecule has 0 aromatic carbocycles. The van der Waals surface area contributed by atoms with E-state index >= 15 is 0 Å². The SMILES string of the molecule is CCC(=O)C(C)N(CC(C)C)CC(C)C. The highest BCUT2D eigenvalue weighted by Crippen LogP contribution is 2.10. The van der Waals surface area contributed by atoms with Gasteiger partial charge in [-0.2, -0.15) is 0 Å². The van der Waals surface area contributed by atoms with Gasteiger partial charge in [0, 0.05) is 19.5 Å². The van der Waals surface area contributed by atoms with Crippen molar-refractivity contribution in [1.82, 2.24) is 4.90 Å². The molecule has 0 rings (SSSR count). The van der Waals surface area contributed by atoms with Crippen molar-refractivity contribution in [3.63, 3.8) is 0 Å². The standard InChI is InChI=1S/C13H27NO/c1-7-13(15)12(6)14(8-10(2)3)9-11(4)5/h10-12H,7-9H2,1-6H3. The molecule has 90 valence electrons. The van der Waals surface area contributed by atoms with Crippen LogP contribution in [0.3, 0.4) is 0 Å². The van der Waals surface area contributed by atoms with Crippen LogP contribution in [0.5, 0.6) is 0 Å². The third-order valence-electron chi connectivity index (χ3n) is 2.56. The zero-order valence-electron chi connectivity index (χ0n) is 11.2. The predicted molar refractivity (Wildman–Crippen MR) is 66.0 cm³/mol. The molecule has 0 heterocycles. The van der Waals surface area contributed by atoms with Crippen molar-refractivity contribution in [2.24, 2.45) is 11.8 Å². The number of Topliss-reactive ketones (excluding diaryl/α,β-unsaturated/α-hetero) is 1. The van der Waals surface area contributed by atoms with Gasteiger partial charge in [0.15, 0.2) is 0 Å². The summed E-state index contributed by atoms with van der Waals surface area (Å²) < 4.78 is 0. The molecule has 1 unspecified atom stereocenters. The van der Waals surface area contributed by atoms with Crippen molar-refractivity contribution in [2.75, 3.05) is 13.1 Å². The largest absolute Gasteiger partial charge is 0.298 e. The summed E-state index contributed by atoms with van der Waals surface area (Å²) in [5.74, 6) is 1.60. The number of hydrogen-bond donors (Lipinski definition) is 0. The highest BCUT2D eigenvalue weighted by Gasteiger charge is 2.20. The van der Waals surface area contributed by atoms with Crippen molar-refractivity contribution in [2.45, 2.75) is 54.0 Å². The van der Waals surface area contributed by atoms with Gasteiger partial charge in [-0.05, 0) is 18.8 Å². The maximum absolute atomic E-state index is 11.7. The van der Waals surface area contributed by atoms with Crippen LogP contribution in [0.4, 0.5) is 0 Å². The van der Waals surface area contributed by atoms with Gasteiger partial charge in [0.25, 0.3) is 0 Å². The van der Waals surface area contributed by atoms with Crippen LogP contribution in [0, 0.1) is 11.8 Å². The van der Waals surface area contributed by atoms with E-state index in [1.165, 1.54) is 0 Å². The van der Waals surface area contributed by atoms with E-state index < -0.39 is 0 Å². The Balaban J connectivity index is 4.39. The van der Waals surface area contributed by atoms with Gasteiger partial charge in [0.2, 0.25) is 0 Å². The fourth-order valence-corrected chi connectivity index (χ4v) is 1.83. The molecule has 1 atom stereocenters.